The first-order chi connectivity index (χ1) is 13.1. The highest BCUT2D eigenvalue weighted by molar-refractivity contribution is 5.25. The van der Waals surface area contributed by atoms with Gasteiger partial charge in [0.2, 0.25) is 0 Å². The Balaban J connectivity index is 0. The lowest BCUT2D eigenvalue weighted by atomic mass is 9.86. The molecule has 0 amide bonds. The van der Waals surface area contributed by atoms with Crippen LogP contribution < -0.4 is 24.8 Å². The molecule has 30 heavy (non-hydrogen) atoms. The first-order valence-corrected chi connectivity index (χ1v) is 11.8. The monoisotopic (exact) mass is 460 g/mol. The van der Waals surface area contributed by atoms with Crippen molar-refractivity contribution in [3.63, 3.8) is 0 Å². The minimum atomic E-state index is 0. The fourth-order valence-electron chi connectivity index (χ4n) is 5.17. The molecule has 0 saturated carbocycles. The second kappa shape index (κ2) is 14.7. The van der Waals surface area contributed by atoms with Crippen molar-refractivity contribution >= 4 is 0 Å². The van der Waals surface area contributed by atoms with Crippen molar-refractivity contribution in [1.82, 2.24) is 0 Å². The molecular weight excluding hydrogens is 411 g/mol. The molecule has 0 spiro atoms. The molecule has 178 valence electrons. The van der Waals surface area contributed by atoms with Crippen molar-refractivity contribution in [1.29, 1.82) is 0 Å². The van der Waals surface area contributed by atoms with E-state index < -0.39 is 0 Å². The quantitative estimate of drug-likeness (QED) is 0.219. The van der Waals surface area contributed by atoms with Crippen LogP contribution in [0.4, 0.5) is 0 Å². The average Bonchev–Trinajstić information content (AvgIpc) is 2.58. The zero-order valence-electron chi connectivity index (χ0n) is 21.2. The van der Waals surface area contributed by atoms with Crippen LogP contribution in [0.15, 0.2) is 24.3 Å². The van der Waals surface area contributed by atoms with Crippen molar-refractivity contribution in [3.05, 3.63) is 35.4 Å². The molecule has 0 atom stereocenters. The highest BCUT2D eigenvalue weighted by Gasteiger charge is 2.55. The van der Waals surface area contributed by atoms with Gasteiger partial charge in [0.25, 0.3) is 5.66 Å². The summed E-state index contributed by atoms with van der Waals surface area (Å²) < 4.78 is 1.91. The molecule has 0 radical (unpaired) electrons. The van der Waals surface area contributed by atoms with Gasteiger partial charge in [-0.15, -0.1) is 0 Å². The number of nitrogens with zero attached hydrogens (tertiary/aromatic N) is 2. The molecule has 0 heterocycles. The summed E-state index contributed by atoms with van der Waals surface area (Å²) in [5, 5.41) is 0. The van der Waals surface area contributed by atoms with Crippen molar-refractivity contribution in [2.24, 2.45) is 0 Å². The number of rotatable bonds is 14. The first kappa shape index (κ1) is 31.9. The van der Waals surface area contributed by atoms with E-state index in [1.807, 2.05) is 0 Å². The van der Waals surface area contributed by atoms with Crippen LogP contribution >= 0.6 is 0 Å². The number of unbranched alkanes of at least 4 members (excludes halogenated alkanes) is 9. The van der Waals surface area contributed by atoms with Crippen LogP contribution in [0.5, 0.6) is 0 Å². The third kappa shape index (κ3) is 9.07. The Labute approximate surface area is 201 Å². The zero-order valence-corrected chi connectivity index (χ0v) is 22.7. The number of halogens is 2. The van der Waals surface area contributed by atoms with Crippen molar-refractivity contribution < 1.29 is 33.8 Å². The molecule has 0 fully saturated rings. The maximum absolute atomic E-state index is 2.37. The minimum absolute atomic E-state index is 0. The molecule has 0 saturated heterocycles. The molecule has 1 aromatic carbocycles. The second-order valence-corrected chi connectivity index (χ2v) is 10.6. The Kier molecular flexibility index (Phi) is 15.7. The fraction of sp³-hybridized carbons (Fsp3) is 0.769. The second-order valence-electron chi connectivity index (χ2n) is 10.6. The highest BCUT2D eigenvalue weighted by Crippen LogP contribution is 2.42. The van der Waals surface area contributed by atoms with Gasteiger partial charge in [-0.25, -0.2) is 0 Å². The lowest BCUT2D eigenvalue weighted by molar-refractivity contribution is -1.14. The molecule has 2 nitrogen and oxygen atoms in total. The van der Waals surface area contributed by atoms with Gasteiger partial charge < -0.3 is 24.8 Å². The largest absolute Gasteiger partial charge is 1.00 e. The highest BCUT2D eigenvalue weighted by atomic mass is 35.5. The molecule has 0 aliphatic heterocycles. The van der Waals surface area contributed by atoms with Crippen molar-refractivity contribution in [3.8, 4) is 0 Å². The summed E-state index contributed by atoms with van der Waals surface area (Å²) in [6, 6.07) is 9.32. The van der Waals surface area contributed by atoms with Gasteiger partial charge >= 0.3 is 0 Å². The molecule has 1 rings (SSSR count). The van der Waals surface area contributed by atoms with Gasteiger partial charge in [0, 0.05) is 0 Å². The molecule has 0 bridgehead atoms. The molecule has 0 unspecified atom stereocenters. The lowest BCUT2D eigenvalue weighted by Crippen LogP contribution is -3.00. The van der Waals surface area contributed by atoms with Crippen LogP contribution in [0.25, 0.3) is 0 Å². The van der Waals surface area contributed by atoms with Crippen LogP contribution in [0.3, 0.4) is 0 Å². The zero-order chi connectivity index (χ0) is 21.3. The number of benzene rings is 1. The normalized spacial score (nSPS) is 12.3. The van der Waals surface area contributed by atoms with E-state index >= 15 is 0 Å². The summed E-state index contributed by atoms with van der Waals surface area (Å²) in [6.45, 7) is 4.48. The van der Waals surface area contributed by atoms with E-state index in [2.05, 4.69) is 80.4 Å². The van der Waals surface area contributed by atoms with Gasteiger partial charge in [0.05, 0.1) is 54.3 Å². The minimum Gasteiger partial charge on any atom is -1.00 e. The van der Waals surface area contributed by atoms with Crippen LogP contribution in [0, 0.1) is 6.92 Å². The summed E-state index contributed by atoms with van der Waals surface area (Å²) in [5.74, 6) is 0. The van der Waals surface area contributed by atoms with E-state index in [0.29, 0.717) is 0 Å². The van der Waals surface area contributed by atoms with E-state index in [1.54, 1.807) is 0 Å². The standard InChI is InChI=1S/C26H50N2.2ClH/c1-9-10-11-12-13-14-15-16-17-18-23-26(27(3,4)5,28(6,7)8)25-21-19-24(2)20-22-25;;/h19-22H,9-18,23H2,1-8H3;2*1H/q+2;;/p-2. The Morgan fingerprint density at radius 1 is 0.600 bits per heavy atom. The first-order valence-electron chi connectivity index (χ1n) is 11.8. The van der Waals surface area contributed by atoms with Crippen LogP contribution in [-0.2, 0) is 5.66 Å². The molecule has 0 aliphatic carbocycles. The smallest absolute Gasteiger partial charge is 0.251 e. The number of hydrogen-bond donors (Lipinski definition) is 0. The third-order valence-electron chi connectivity index (χ3n) is 6.61. The maximum atomic E-state index is 2.37. The molecule has 4 heteroatoms. The molecule has 0 N–H and O–H groups in total. The summed E-state index contributed by atoms with van der Waals surface area (Å²) in [5.41, 5.74) is 2.90. The van der Waals surface area contributed by atoms with Gasteiger partial charge in [0.15, 0.2) is 0 Å². The van der Waals surface area contributed by atoms with E-state index in [0.717, 1.165) is 8.97 Å². The fourth-order valence-corrected chi connectivity index (χ4v) is 5.17. The van der Waals surface area contributed by atoms with Crippen molar-refractivity contribution in [2.75, 3.05) is 42.3 Å². The Morgan fingerprint density at radius 2 is 0.967 bits per heavy atom. The summed E-state index contributed by atoms with van der Waals surface area (Å²) >= 11 is 0. The predicted octanol–water partition coefficient (Wildman–Crippen LogP) is 0.879. The Bertz CT molecular complexity index is 528. The lowest BCUT2D eigenvalue weighted by Gasteiger charge is -2.53. The van der Waals surface area contributed by atoms with E-state index in [4.69, 9.17) is 0 Å². The Morgan fingerprint density at radius 3 is 1.33 bits per heavy atom. The number of aryl methyl sites for hydroxylation is 1. The molecule has 0 aromatic heterocycles. The topological polar surface area (TPSA) is 0 Å². The van der Waals surface area contributed by atoms with Crippen LogP contribution in [-0.4, -0.2) is 51.3 Å². The van der Waals surface area contributed by atoms with E-state index in [1.165, 1.54) is 81.8 Å². The third-order valence-corrected chi connectivity index (χ3v) is 6.61. The predicted molar refractivity (Wildman–Crippen MR) is 125 cm³/mol. The number of quaternary nitrogens is 2. The molecular formula is C26H50Cl2N2. The van der Waals surface area contributed by atoms with E-state index in [9.17, 15) is 0 Å². The summed E-state index contributed by atoms with van der Waals surface area (Å²) in [4.78, 5) is 0. The van der Waals surface area contributed by atoms with Gasteiger partial charge in [0.1, 0.15) is 0 Å². The summed E-state index contributed by atoms with van der Waals surface area (Å²) in [7, 11) is 14.2. The summed E-state index contributed by atoms with van der Waals surface area (Å²) in [6.07, 6.45) is 15.2. The van der Waals surface area contributed by atoms with Gasteiger partial charge in [-0.1, -0.05) is 82.4 Å². The molecule has 1 aromatic rings. The van der Waals surface area contributed by atoms with Crippen LogP contribution in [0.1, 0.15) is 88.7 Å². The van der Waals surface area contributed by atoms with E-state index in [-0.39, 0.29) is 30.5 Å². The number of hydrogen-bond acceptors (Lipinski definition) is 0. The van der Waals surface area contributed by atoms with Gasteiger partial charge in [-0.2, -0.15) is 0 Å². The van der Waals surface area contributed by atoms with Gasteiger partial charge in [-0.3, -0.25) is 8.97 Å². The Hall–Kier alpha value is -0.280. The molecule has 0 aliphatic rings. The maximum Gasteiger partial charge on any atom is 0.251 e. The average molecular weight is 462 g/mol. The van der Waals surface area contributed by atoms with Gasteiger partial charge in [-0.05, 0) is 25.5 Å². The van der Waals surface area contributed by atoms with Crippen LogP contribution in [0.2, 0.25) is 0 Å². The van der Waals surface area contributed by atoms with Crippen molar-refractivity contribution in [2.45, 2.75) is 90.1 Å². The SMILES string of the molecule is CCCCCCCCCCCCC(c1ccc(C)cc1)([N+](C)(C)C)[N+](C)(C)C.[Cl-].[Cl-].